The molecular formula is C22H20FNO6. The first kappa shape index (κ1) is 21.0. The molecule has 0 amide bonds. The Morgan fingerprint density at radius 1 is 1.07 bits per heavy atom. The van der Waals surface area contributed by atoms with E-state index in [0.29, 0.717) is 29.2 Å². The average molecular weight is 413 g/mol. The van der Waals surface area contributed by atoms with Gasteiger partial charge >= 0.3 is 11.9 Å². The van der Waals surface area contributed by atoms with Crippen molar-refractivity contribution in [3.05, 3.63) is 65.1 Å². The van der Waals surface area contributed by atoms with Crippen molar-refractivity contribution in [2.24, 2.45) is 4.99 Å². The van der Waals surface area contributed by atoms with Crippen molar-refractivity contribution in [2.75, 3.05) is 19.8 Å². The van der Waals surface area contributed by atoms with Gasteiger partial charge in [-0.05, 0) is 61.9 Å². The second kappa shape index (κ2) is 9.69. The van der Waals surface area contributed by atoms with Gasteiger partial charge in [-0.25, -0.2) is 19.0 Å². The Hall–Kier alpha value is -3.68. The molecule has 0 saturated carbocycles. The van der Waals surface area contributed by atoms with Crippen LogP contribution in [-0.4, -0.2) is 37.7 Å². The molecule has 0 radical (unpaired) electrons. The van der Waals surface area contributed by atoms with Crippen LogP contribution in [-0.2, 0) is 19.1 Å². The fraction of sp³-hybridized carbons (Fsp3) is 0.227. The Balaban J connectivity index is 1.81. The quantitative estimate of drug-likeness (QED) is 0.487. The molecule has 1 aliphatic rings. The number of ether oxygens (including phenoxy) is 4. The maximum Gasteiger partial charge on any atom is 0.363 e. The summed E-state index contributed by atoms with van der Waals surface area (Å²) in [5.74, 6) is -0.613. The molecular weight excluding hydrogens is 393 g/mol. The van der Waals surface area contributed by atoms with Gasteiger partial charge in [0.1, 0.15) is 5.82 Å². The van der Waals surface area contributed by atoms with Crippen molar-refractivity contribution >= 4 is 23.9 Å². The van der Waals surface area contributed by atoms with Crippen molar-refractivity contribution in [3.8, 4) is 11.5 Å². The highest BCUT2D eigenvalue weighted by atomic mass is 19.1. The molecule has 0 spiro atoms. The lowest BCUT2D eigenvalue weighted by molar-refractivity contribution is -0.145. The molecule has 0 aliphatic carbocycles. The minimum atomic E-state index is -0.616. The van der Waals surface area contributed by atoms with Gasteiger partial charge in [0.15, 0.2) is 23.8 Å². The molecule has 0 aromatic heterocycles. The van der Waals surface area contributed by atoms with Gasteiger partial charge in [-0.2, -0.15) is 0 Å². The number of carbonyl (C=O) groups is 2. The van der Waals surface area contributed by atoms with Crippen molar-refractivity contribution < 1.29 is 32.9 Å². The van der Waals surface area contributed by atoms with E-state index in [1.54, 1.807) is 25.1 Å². The summed E-state index contributed by atoms with van der Waals surface area (Å²) in [6, 6.07) is 10.5. The van der Waals surface area contributed by atoms with Crippen LogP contribution in [0.1, 0.15) is 25.0 Å². The van der Waals surface area contributed by atoms with Gasteiger partial charge in [0.05, 0.1) is 13.2 Å². The van der Waals surface area contributed by atoms with E-state index in [-0.39, 0.29) is 24.8 Å². The minimum Gasteiger partial charge on any atom is -0.490 e. The Labute approximate surface area is 172 Å². The van der Waals surface area contributed by atoms with E-state index in [1.165, 1.54) is 30.3 Å². The second-order valence-electron chi connectivity index (χ2n) is 6.08. The summed E-state index contributed by atoms with van der Waals surface area (Å²) in [6.45, 7) is 3.93. The maximum absolute atomic E-state index is 13.1. The Bertz CT molecular complexity index is 997. The van der Waals surface area contributed by atoms with E-state index in [0.717, 1.165) is 0 Å². The number of aliphatic imine (C=N–C) groups is 1. The van der Waals surface area contributed by atoms with Crippen LogP contribution in [0.3, 0.4) is 0 Å². The highest BCUT2D eigenvalue weighted by Crippen LogP contribution is 2.30. The third kappa shape index (κ3) is 5.22. The number of hydrogen-bond acceptors (Lipinski definition) is 7. The zero-order valence-electron chi connectivity index (χ0n) is 16.5. The predicted molar refractivity (Wildman–Crippen MR) is 107 cm³/mol. The standard InChI is InChI=1S/C22H20FNO6/c1-3-27-19-12-14(5-10-18(19)29-13-20(25)28-4-2)11-17-22(26)30-21(24-17)15-6-8-16(23)9-7-15/h5-12H,3-4,13H2,1-2H3. The first-order valence-corrected chi connectivity index (χ1v) is 9.34. The van der Waals surface area contributed by atoms with E-state index >= 15 is 0 Å². The first-order valence-electron chi connectivity index (χ1n) is 9.34. The first-order chi connectivity index (χ1) is 14.5. The van der Waals surface area contributed by atoms with Gasteiger partial charge in [-0.3, -0.25) is 0 Å². The molecule has 3 rings (SSSR count). The fourth-order valence-electron chi connectivity index (χ4n) is 2.62. The summed E-state index contributed by atoms with van der Waals surface area (Å²) < 4.78 is 34.1. The third-order valence-corrected chi connectivity index (χ3v) is 3.93. The van der Waals surface area contributed by atoms with Gasteiger partial charge in [0, 0.05) is 5.56 Å². The molecule has 7 nitrogen and oxygen atoms in total. The largest absolute Gasteiger partial charge is 0.490 e. The van der Waals surface area contributed by atoms with Crippen LogP contribution in [0, 0.1) is 5.82 Å². The van der Waals surface area contributed by atoms with E-state index in [9.17, 15) is 14.0 Å². The number of carbonyl (C=O) groups excluding carboxylic acids is 2. The van der Waals surface area contributed by atoms with Crippen LogP contribution in [0.5, 0.6) is 11.5 Å². The molecule has 2 aromatic carbocycles. The van der Waals surface area contributed by atoms with Crippen LogP contribution < -0.4 is 9.47 Å². The lowest BCUT2D eigenvalue weighted by Gasteiger charge is -2.12. The maximum atomic E-state index is 13.1. The van der Waals surface area contributed by atoms with E-state index in [1.807, 2.05) is 6.92 Å². The minimum absolute atomic E-state index is 0.0944. The van der Waals surface area contributed by atoms with Crippen molar-refractivity contribution in [1.29, 1.82) is 0 Å². The molecule has 30 heavy (non-hydrogen) atoms. The Kier molecular flexibility index (Phi) is 6.79. The van der Waals surface area contributed by atoms with Gasteiger partial charge in [0.25, 0.3) is 0 Å². The van der Waals surface area contributed by atoms with Crippen molar-refractivity contribution in [1.82, 2.24) is 0 Å². The molecule has 0 atom stereocenters. The van der Waals surface area contributed by atoms with Crippen LogP contribution >= 0.6 is 0 Å². The van der Waals surface area contributed by atoms with E-state index in [2.05, 4.69) is 4.99 Å². The zero-order valence-corrected chi connectivity index (χ0v) is 16.5. The van der Waals surface area contributed by atoms with Gasteiger partial charge in [-0.15, -0.1) is 0 Å². The van der Waals surface area contributed by atoms with E-state index < -0.39 is 17.8 Å². The Morgan fingerprint density at radius 2 is 1.83 bits per heavy atom. The molecule has 156 valence electrons. The highest BCUT2D eigenvalue weighted by molar-refractivity contribution is 6.12. The average Bonchev–Trinajstić information content (AvgIpc) is 3.08. The van der Waals surface area contributed by atoms with Crippen LogP contribution in [0.4, 0.5) is 4.39 Å². The summed E-state index contributed by atoms with van der Waals surface area (Å²) in [4.78, 5) is 27.9. The number of benzene rings is 2. The number of esters is 2. The molecule has 0 unspecified atom stereocenters. The number of halogens is 1. The topological polar surface area (TPSA) is 83.4 Å². The molecule has 0 N–H and O–H groups in total. The molecule has 0 saturated heterocycles. The van der Waals surface area contributed by atoms with Gasteiger partial charge in [0.2, 0.25) is 5.90 Å². The SMILES string of the molecule is CCOC(=O)COc1ccc(C=C2N=C(c3ccc(F)cc3)OC2=O)cc1OCC. The van der Waals surface area contributed by atoms with Crippen LogP contribution in [0.25, 0.3) is 6.08 Å². The summed E-state index contributed by atoms with van der Waals surface area (Å²) >= 11 is 0. The monoisotopic (exact) mass is 413 g/mol. The zero-order chi connectivity index (χ0) is 21.5. The summed E-state index contributed by atoms with van der Waals surface area (Å²) in [5, 5.41) is 0. The normalized spacial score (nSPS) is 14.3. The van der Waals surface area contributed by atoms with Gasteiger partial charge < -0.3 is 18.9 Å². The number of rotatable bonds is 8. The lowest BCUT2D eigenvalue weighted by atomic mass is 10.1. The lowest BCUT2D eigenvalue weighted by Crippen LogP contribution is -2.15. The smallest absolute Gasteiger partial charge is 0.363 e. The van der Waals surface area contributed by atoms with Gasteiger partial charge in [-0.1, -0.05) is 6.07 Å². The highest BCUT2D eigenvalue weighted by Gasteiger charge is 2.24. The second-order valence-corrected chi connectivity index (χ2v) is 6.08. The van der Waals surface area contributed by atoms with Crippen molar-refractivity contribution in [2.45, 2.75) is 13.8 Å². The molecule has 2 aromatic rings. The third-order valence-electron chi connectivity index (χ3n) is 3.93. The van der Waals surface area contributed by atoms with Crippen LogP contribution in [0.2, 0.25) is 0 Å². The Morgan fingerprint density at radius 3 is 2.53 bits per heavy atom. The molecule has 1 heterocycles. The molecule has 0 fully saturated rings. The molecule has 1 aliphatic heterocycles. The summed E-state index contributed by atoms with van der Waals surface area (Å²) in [7, 11) is 0. The number of nitrogens with zero attached hydrogens (tertiary/aromatic N) is 1. The van der Waals surface area contributed by atoms with E-state index in [4.69, 9.17) is 18.9 Å². The predicted octanol–water partition coefficient (Wildman–Crippen LogP) is 3.51. The number of hydrogen-bond donors (Lipinski definition) is 0. The number of cyclic esters (lactones) is 1. The molecule has 8 heteroatoms. The van der Waals surface area contributed by atoms with Crippen molar-refractivity contribution in [3.63, 3.8) is 0 Å². The van der Waals surface area contributed by atoms with Crippen LogP contribution in [0.15, 0.2) is 53.2 Å². The summed E-state index contributed by atoms with van der Waals surface area (Å²) in [5.41, 5.74) is 1.21. The fourth-order valence-corrected chi connectivity index (χ4v) is 2.62. The molecule has 0 bridgehead atoms. The summed E-state index contributed by atoms with van der Waals surface area (Å²) in [6.07, 6.45) is 1.54.